The first-order valence-corrected chi connectivity index (χ1v) is 10.5. The third kappa shape index (κ3) is 4.49. The molecule has 8 heteroatoms. The van der Waals surface area contributed by atoms with Crippen molar-refractivity contribution in [3.8, 4) is 0 Å². The number of fused-ring (bicyclic) bond motifs is 1. The summed E-state index contributed by atoms with van der Waals surface area (Å²) in [5, 5.41) is 0.320. The van der Waals surface area contributed by atoms with Crippen molar-refractivity contribution in [2.45, 2.75) is 58.4 Å². The van der Waals surface area contributed by atoms with E-state index in [4.69, 9.17) is 0 Å². The number of aryl methyl sites for hydroxylation is 2. The van der Waals surface area contributed by atoms with Crippen LogP contribution in [0.25, 0.3) is 10.9 Å². The van der Waals surface area contributed by atoms with E-state index in [0.29, 0.717) is 17.4 Å². The Morgan fingerprint density at radius 1 is 1.16 bits per heavy atom. The van der Waals surface area contributed by atoms with Gasteiger partial charge < -0.3 is 4.57 Å². The zero-order chi connectivity index (χ0) is 22.2. The van der Waals surface area contributed by atoms with Gasteiger partial charge in [-0.2, -0.15) is 13.2 Å². The van der Waals surface area contributed by atoms with Crippen LogP contribution < -0.4 is 5.43 Å². The van der Waals surface area contributed by atoms with Crippen LogP contribution in [0.15, 0.2) is 41.5 Å². The molecule has 1 aromatic carbocycles. The summed E-state index contributed by atoms with van der Waals surface area (Å²) in [6.45, 7) is 5.38. The lowest BCUT2D eigenvalue weighted by molar-refractivity contribution is -0.144. The zero-order valence-corrected chi connectivity index (χ0v) is 17.6. The van der Waals surface area contributed by atoms with E-state index in [2.05, 4.69) is 14.9 Å². The van der Waals surface area contributed by atoms with Crippen molar-refractivity contribution in [2.24, 2.45) is 0 Å². The Morgan fingerprint density at radius 2 is 1.90 bits per heavy atom. The highest BCUT2D eigenvalue weighted by Gasteiger charge is 2.36. The number of aromatic nitrogens is 3. The maximum atomic E-state index is 13.8. The Labute approximate surface area is 178 Å². The van der Waals surface area contributed by atoms with Crippen LogP contribution in [0, 0.1) is 6.92 Å². The highest BCUT2D eigenvalue weighted by Crippen LogP contribution is 2.32. The molecule has 0 bridgehead atoms. The predicted octanol–water partition coefficient (Wildman–Crippen LogP) is 4.35. The number of likely N-dealkylation sites (tertiary alicyclic amines) is 1. The lowest BCUT2D eigenvalue weighted by Gasteiger charge is -2.28. The van der Waals surface area contributed by atoms with E-state index < -0.39 is 17.3 Å². The van der Waals surface area contributed by atoms with Gasteiger partial charge in [0, 0.05) is 55.0 Å². The van der Waals surface area contributed by atoms with E-state index in [-0.39, 0.29) is 12.6 Å². The molecular weight excluding hydrogens is 405 g/mol. The van der Waals surface area contributed by atoms with E-state index in [1.54, 1.807) is 30.6 Å². The maximum absolute atomic E-state index is 13.8. The van der Waals surface area contributed by atoms with Gasteiger partial charge in [0.25, 0.3) is 0 Å². The van der Waals surface area contributed by atoms with Crippen molar-refractivity contribution < 1.29 is 13.2 Å². The summed E-state index contributed by atoms with van der Waals surface area (Å²) in [6.07, 6.45) is 1.44. The summed E-state index contributed by atoms with van der Waals surface area (Å²) in [6, 6.07) is 5.69. The largest absolute Gasteiger partial charge is 0.431 e. The molecule has 0 aliphatic carbocycles. The fraction of sp³-hybridized carbons (Fsp3) is 0.435. The van der Waals surface area contributed by atoms with Crippen LogP contribution in [0.3, 0.4) is 0 Å². The Balaban J connectivity index is 1.69. The van der Waals surface area contributed by atoms with Crippen molar-refractivity contribution in [2.75, 3.05) is 6.54 Å². The van der Waals surface area contributed by atoms with Crippen molar-refractivity contribution in [3.63, 3.8) is 0 Å². The first-order valence-electron chi connectivity index (χ1n) is 10.5. The quantitative estimate of drug-likeness (QED) is 0.604. The van der Waals surface area contributed by atoms with Crippen LogP contribution in [-0.2, 0) is 25.7 Å². The maximum Gasteiger partial charge on any atom is 0.431 e. The third-order valence-corrected chi connectivity index (χ3v) is 5.91. The fourth-order valence-electron chi connectivity index (χ4n) is 4.32. The molecule has 0 spiro atoms. The number of rotatable bonds is 5. The van der Waals surface area contributed by atoms with Gasteiger partial charge in [-0.1, -0.05) is 18.6 Å². The number of hydrogen-bond acceptors (Lipinski definition) is 4. The fourth-order valence-corrected chi connectivity index (χ4v) is 4.32. The van der Waals surface area contributed by atoms with E-state index in [1.807, 2.05) is 13.8 Å². The summed E-state index contributed by atoms with van der Waals surface area (Å²) >= 11 is 0. The number of pyridine rings is 1. The highest BCUT2D eigenvalue weighted by atomic mass is 19.4. The molecule has 0 radical (unpaired) electrons. The second-order valence-electron chi connectivity index (χ2n) is 8.15. The third-order valence-electron chi connectivity index (χ3n) is 5.91. The van der Waals surface area contributed by atoms with Crippen molar-refractivity contribution in [3.05, 3.63) is 69.5 Å². The number of benzene rings is 1. The number of hydrogen-bond donors (Lipinski definition) is 0. The van der Waals surface area contributed by atoms with Gasteiger partial charge in [-0.25, -0.2) is 9.97 Å². The summed E-state index contributed by atoms with van der Waals surface area (Å²) in [5.41, 5.74) is 0.623. The standard InChI is InChI=1S/C23H25F3N4O/c1-3-22-27-11-16(12-28-22)13-29-8-4-5-17(29)14-30-19-7-6-15(2)9-18(19)20(31)10-21(30)23(24,25)26/h6-7,9-12,17H,3-5,8,13-14H2,1-2H3. The van der Waals surface area contributed by atoms with Gasteiger partial charge in [0.2, 0.25) is 0 Å². The lowest BCUT2D eigenvalue weighted by atomic mass is 10.1. The molecule has 4 rings (SSSR count). The summed E-state index contributed by atoms with van der Waals surface area (Å²) in [4.78, 5) is 23.2. The van der Waals surface area contributed by atoms with Gasteiger partial charge in [0.1, 0.15) is 11.5 Å². The molecule has 3 aromatic rings. The van der Waals surface area contributed by atoms with Crippen LogP contribution >= 0.6 is 0 Å². The van der Waals surface area contributed by atoms with Gasteiger partial charge in [-0.15, -0.1) is 0 Å². The molecule has 1 atom stereocenters. The van der Waals surface area contributed by atoms with Crippen molar-refractivity contribution in [1.82, 2.24) is 19.4 Å². The highest BCUT2D eigenvalue weighted by molar-refractivity contribution is 5.80. The number of alkyl halides is 3. The van der Waals surface area contributed by atoms with Gasteiger partial charge in [-0.05, 0) is 38.4 Å². The minimum absolute atomic E-state index is 0.0704. The molecule has 3 heterocycles. The number of nitrogens with zero attached hydrogens (tertiary/aromatic N) is 4. The monoisotopic (exact) mass is 430 g/mol. The van der Waals surface area contributed by atoms with Crippen molar-refractivity contribution >= 4 is 10.9 Å². The van der Waals surface area contributed by atoms with E-state index in [1.165, 1.54) is 4.57 Å². The van der Waals surface area contributed by atoms with Crippen LogP contribution in [0.1, 0.15) is 42.4 Å². The SMILES string of the molecule is CCc1ncc(CN2CCCC2Cn2c(C(F)(F)F)cc(=O)c3cc(C)ccc32)cn1. The molecule has 1 unspecified atom stereocenters. The normalized spacial score (nSPS) is 17.5. The van der Waals surface area contributed by atoms with Gasteiger partial charge in [-0.3, -0.25) is 9.69 Å². The van der Waals surface area contributed by atoms with Crippen LogP contribution in [0.5, 0.6) is 0 Å². The lowest BCUT2D eigenvalue weighted by Crippen LogP contribution is -2.35. The summed E-state index contributed by atoms with van der Waals surface area (Å²) < 4.78 is 42.8. The molecule has 1 saturated heterocycles. The molecule has 164 valence electrons. The summed E-state index contributed by atoms with van der Waals surface area (Å²) in [7, 11) is 0. The Morgan fingerprint density at radius 3 is 2.58 bits per heavy atom. The molecule has 5 nitrogen and oxygen atoms in total. The molecule has 1 fully saturated rings. The molecular formula is C23H25F3N4O. The Bertz CT molecular complexity index is 1140. The van der Waals surface area contributed by atoms with Gasteiger partial charge in [0.15, 0.2) is 5.43 Å². The Hall–Kier alpha value is -2.74. The van der Waals surface area contributed by atoms with E-state index in [9.17, 15) is 18.0 Å². The van der Waals surface area contributed by atoms with E-state index >= 15 is 0 Å². The van der Waals surface area contributed by atoms with E-state index in [0.717, 1.165) is 48.8 Å². The summed E-state index contributed by atoms with van der Waals surface area (Å²) in [5.74, 6) is 0.770. The smallest absolute Gasteiger partial charge is 0.335 e. The predicted molar refractivity (Wildman–Crippen MR) is 113 cm³/mol. The first kappa shape index (κ1) is 21.5. The molecule has 0 amide bonds. The minimum Gasteiger partial charge on any atom is -0.335 e. The van der Waals surface area contributed by atoms with Crippen LogP contribution in [0.4, 0.5) is 13.2 Å². The number of halogens is 3. The molecule has 1 aliphatic heterocycles. The van der Waals surface area contributed by atoms with Gasteiger partial charge in [0.05, 0.1) is 5.52 Å². The average Bonchev–Trinajstić information content (AvgIpc) is 3.16. The molecule has 0 N–H and O–H groups in total. The van der Waals surface area contributed by atoms with Gasteiger partial charge >= 0.3 is 6.18 Å². The Kier molecular flexibility index (Phi) is 5.83. The minimum atomic E-state index is -4.61. The zero-order valence-electron chi connectivity index (χ0n) is 17.6. The molecule has 0 saturated carbocycles. The molecule has 1 aliphatic rings. The van der Waals surface area contributed by atoms with Crippen LogP contribution in [-0.4, -0.2) is 32.0 Å². The second-order valence-corrected chi connectivity index (χ2v) is 8.15. The van der Waals surface area contributed by atoms with Crippen LogP contribution in [0.2, 0.25) is 0 Å². The second kappa shape index (κ2) is 8.42. The first-order chi connectivity index (χ1) is 14.8. The molecule has 2 aromatic heterocycles. The topological polar surface area (TPSA) is 51.0 Å². The van der Waals surface area contributed by atoms with Crippen molar-refractivity contribution in [1.29, 1.82) is 0 Å². The molecule has 31 heavy (non-hydrogen) atoms. The average molecular weight is 430 g/mol.